The lowest BCUT2D eigenvalue weighted by molar-refractivity contribution is -0.116. The van der Waals surface area contributed by atoms with Crippen LogP contribution in [0.25, 0.3) is 0 Å². The van der Waals surface area contributed by atoms with E-state index in [1.165, 1.54) is 0 Å². The maximum absolute atomic E-state index is 12.5. The van der Waals surface area contributed by atoms with Crippen LogP contribution in [-0.2, 0) is 4.74 Å². The third-order valence-corrected chi connectivity index (χ3v) is 4.01. The van der Waals surface area contributed by atoms with Crippen molar-refractivity contribution < 1.29 is 9.53 Å². The third kappa shape index (κ3) is 3.71. The Bertz CT molecular complexity index is 461. The Labute approximate surface area is 127 Å². The zero-order valence-electron chi connectivity index (χ0n) is 11.0. The summed E-state index contributed by atoms with van der Waals surface area (Å²) in [7, 11) is 0. The number of amides is 1. The maximum Gasteiger partial charge on any atom is 0.254 e. The number of carbonyl (C=O) groups is 1. The zero-order valence-corrected chi connectivity index (χ0v) is 13.4. The molecule has 0 saturated carbocycles. The molecule has 0 N–H and O–H groups in total. The Balaban J connectivity index is 2.16. The van der Waals surface area contributed by atoms with Crippen LogP contribution in [0.15, 0.2) is 24.3 Å². The minimum Gasteiger partial charge on any atom is -0.368 e. The number of ether oxygens (including phenoxy) is 1. The lowest BCUT2D eigenvalue weighted by atomic mass is 10.0. The van der Waals surface area contributed by atoms with Crippen molar-refractivity contribution in [3.63, 3.8) is 0 Å². The fourth-order valence-corrected chi connectivity index (χ4v) is 2.77. The van der Waals surface area contributed by atoms with Gasteiger partial charge in [0.1, 0.15) is 0 Å². The first kappa shape index (κ1) is 14.8. The summed E-state index contributed by atoms with van der Waals surface area (Å²) < 4.78 is 5.90. The molecule has 1 unspecified atom stereocenters. The lowest BCUT2D eigenvalue weighted by Gasteiger charge is -2.42. The van der Waals surface area contributed by atoms with Crippen molar-refractivity contribution in [1.82, 2.24) is 4.90 Å². The Hall–Kier alpha value is -0.580. The number of nitrogens with zero attached hydrogens (tertiary/aromatic N) is 1. The van der Waals surface area contributed by atoms with Crippen molar-refractivity contribution in [2.45, 2.75) is 25.6 Å². The van der Waals surface area contributed by atoms with Crippen LogP contribution in [0.1, 0.15) is 24.2 Å². The molecule has 0 spiro atoms. The van der Waals surface area contributed by atoms with Crippen molar-refractivity contribution in [3.05, 3.63) is 34.9 Å². The van der Waals surface area contributed by atoms with Gasteiger partial charge >= 0.3 is 0 Å². The predicted octanol–water partition coefficient (Wildman–Crippen LogP) is 3.35. The number of benzene rings is 1. The number of alkyl halides is 1. The van der Waals surface area contributed by atoms with Crippen LogP contribution in [0, 0.1) is 0 Å². The molecule has 1 aromatic carbocycles. The summed E-state index contributed by atoms with van der Waals surface area (Å²) >= 11 is 9.27. The van der Waals surface area contributed by atoms with Gasteiger partial charge in [-0.1, -0.05) is 27.5 Å². The predicted molar refractivity (Wildman–Crippen MR) is 80.1 cm³/mol. The van der Waals surface area contributed by atoms with Gasteiger partial charge in [0.2, 0.25) is 0 Å². The first-order chi connectivity index (χ1) is 8.91. The first-order valence-electron chi connectivity index (χ1n) is 6.20. The van der Waals surface area contributed by atoms with E-state index >= 15 is 0 Å². The highest BCUT2D eigenvalue weighted by atomic mass is 79.9. The van der Waals surface area contributed by atoms with Gasteiger partial charge in [-0.25, -0.2) is 0 Å². The van der Waals surface area contributed by atoms with Crippen molar-refractivity contribution in [2.75, 3.05) is 18.4 Å². The number of rotatable bonds is 2. The lowest BCUT2D eigenvalue weighted by Crippen LogP contribution is -2.55. The molecular weight excluding hydrogens is 330 g/mol. The summed E-state index contributed by atoms with van der Waals surface area (Å²) in [5.41, 5.74) is 0.342. The van der Waals surface area contributed by atoms with Gasteiger partial charge in [0.15, 0.2) is 0 Å². The molecule has 0 radical (unpaired) electrons. The topological polar surface area (TPSA) is 29.5 Å². The van der Waals surface area contributed by atoms with Gasteiger partial charge in [-0.05, 0) is 38.1 Å². The fourth-order valence-electron chi connectivity index (χ4n) is 2.31. The molecule has 1 saturated heterocycles. The standard InChI is InChI=1S/C14H17BrClNO2/c1-14(2)9-17(8-12(7-15)19-14)13(18)10-3-5-11(16)6-4-10/h3-6,12H,7-9H2,1-2H3. The van der Waals surface area contributed by atoms with E-state index in [2.05, 4.69) is 15.9 Å². The molecule has 19 heavy (non-hydrogen) atoms. The minimum absolute atomic E-state index is 0.0268. The summed E-state index contributed by atoms with van der Waals surface area (Å²) in [5.74, 6) is 0.0268. The van der Waals surface area contributed by atoms with Gasteiger partial charge in [-0.2, -0.15) is 0 Å². The van der Waals surface area contributed by atoms with Gasteiger partial charge in [0.25, 0.3) is 5.91 Å². The summed E-state index contributed by atoms with van der Waals surface area (Å²) in [4.78, 5) is 14.3. The van der Waals surface area contributed by atoms with E-state index in [-0.39, 0.29) is 17.6 Å². The van der Waals surface area contributed by atoms with Crippen LogP contribution in [0.5, 0.6) is 0 Å². The molecular formula is C14H17BrClNO2. The summed E-state index contributed by atoms with van der Waals surface area (Å²) in [5, 5.41) is 1.36. The van der Waals surface area contributed by atoms with Crippen LogP contribution < -0.4 is 0 Å². The zero-order chi connectivity index (χ0) is 14.0. The van der Waals surface area contributed by atoms with Crippen LogP contribution >= 0.6 is 27.5 Å². The number of halogens is 2. The Morgan fingerprint density at radius 3 is 2.68 bits per heavy atom. The maximum atomic E-state index is 12.5. The SMILES string of the molecule is CC1(C)CN(C(=O)c2ccc(Cl)cc2)CC(CBr)O1. The van der Waals surface area contributed by atoms with Crippen molar-refractivity contribution >= 4 is 33.4 Å². The molecule has 1 amide bonds. The largest absolute Gasteiger partial charge is 0.368 e. The average Bonchev–Trinajstić information content (AvgIpc) is 2.37. The van der Waals surface area contributed by atoms with Gasteiger partial charge < -0.3 is 9.64 Å². The summed E-state index contributed by atoms with van der Waals surface area (Å²) in [6.45, 7) is 5.21. The molecule has 1 fully saturated rings. The van der Waals surface area contributed by atoms with Gasteiger partial charge in [0.05, 0.1) is 11.7 Å². The molecule has 0 aromatic heterocycles. The molecule has 5 heteroatoms. The summed E-state index contributed by atoms with van der Waals surface area (Å²) in [6.07, 6.45) is 0.0278. The van der Waals surface area contributed by atoms with Crippen LogP contribution in [0.4, 0.5) is 0 Å². The van der Waals surface area contributed by atoms with Crippen LogP contribution in [-0.4, -0.2) is 40.9 Å². The number of hydrogen-bond acceptors (Lipinski definition) is 2. The quantitative estimate of drug-likeness (QED) is 0.769. The smallest absolute Gasteiger partial charge is 0.254 e. The van der Waals surface area contributed by atoms with Gasteiger partial charge in [0, 0.05) is 29.0 Å². The van der Waals surface area contributed by atoms with E-state index in [4.69, 9.17) is 16.3 Å². The highest BCUT2D eigenvalue weighted by Gasteiger charge is 2.35. The number of morpholine rings is 1. The molecule has 1 atom stereocenters. The number of carbonyl (C=O) groups excluding carboxylic acids is 1. The first-order valence-corrected chi connectivity index (χ1v) is 7.70. The monoisotopic (exact) mass is 345 g/mol. The average molecular weight is 347 g/mol. The fraction of sp³-hybridized carbons (Fsp3) is 0.500. The molecule has 1 aliphatic heterocycles. The normalized spacial score (nSPS) is 22.3. The molecule has 1 aromatic rings. The Morgan fingerprint density at radius 2 is 2.11 bits per heavy atom. The second-order valence-corrected chi connectivity index (χ2v) is 6.43. The molecule has 0 bridgehead atoms. The molecule has 3 nitrogen and oxygen atoms in total. The van der Waals surface area contributed by atoms with E-state index in [0.29, 0.717) is 23.7 Å². The summed E-state index contributed by atoms with van der Waals surface area (Å²) in [6, 6.07) is 7.00. The molecule has 1 aliphatic rings. The molecule has 104 valence electrons. The minimum atomic E-state index is -0.321. The van der Waals surface area contributed by atoms with Gasteiger partial charge in [-0.15, -0.1) is 0 Å². The second-order valence-electron chi connectivity index (χ2n) is 5.35. The Kier molecular flexibility index (Phi) is 4.54. The van der Waals surface area contributed by atoms with E-state index in [1.54, 1.807) is 24.3 Å². The third-order valence-electron chi connectivity index (χ3n) is 3.03. The molecule has 1 heterocycles. The van der Waals surface area contributed by atoms with Crippen molar-refractivity contribution in [2.24, 2.45) is 0 Å². The van der Waals surface area contributed by atoms with E-state index in [0.717, 1.165) is 5.33 Å². The van der Waals surface area contributed by atoms with Crippen molar-refractivity contribution in [1.29, 1.82) is 0 Å². The van der Waals surface area contributed by atoms with E-state index in [1.807, 2.05) is 18.7 Å². The number of hydrogen-bond donors (Lipinski definition) is 0. The van der Waals surface area contributed by atoms with E-state index in [9.17, 15) is 4.79 Å². The van der Waals surface area contributed by atoms with Gasteiger partial charge in [-0.3, -0.25) is 4.79 Å². The van der Waals surface area contributed by atoms with Crippen LogP contribution in [0.3, 0.4) is 0 Å². The molecule has 0 aliphatic carbocycles. The van der Waals surface area contributed by atoms with E-state index < -0.39 is 0 Å². The van der Waals surface area contributed by atoms with Crippen molar-refractivity contribution in [3.8, 4) is 0 Å². The Morgan fingerprint density at radius 1 is 1.47 bits per heavy atom. The second kappa shape index (κ2) is 5.81. The molecule has 2 rings (SSSR count). The highest BCUT2D eigenvalue weighted by Crippen LogP contribution is 2.23. The van der Waals surface area contributed by atoms with Crippen LogP contribution in [0.2, 0.25) is 5.02 Å². The highest BCUT2D eigenvalue weighted by molar-refractivity contribution is 9.09.